The fraction of sp³-hybridized carbons (Fsp3) is 0.389. The molecule has 0 saturated carbocycles. The van der Waals surface area contributed by atoms with Crippen molar-refractivity contribution in [3.63, 3.8) is 0 Å². The maximum Gasteiger partial charge on any atom is 0.241 e. The number of rotatable bonds is 7. The average Bonchev–Trinajstić information content (AvgIpc) is 3.47. The smallest absolute Gasteiger partial charge is 0.241 e. The summed E-state index contributed by atoms with van der Waals surface area (Å²) in [6.07, 6.45) is 12.9. The standard InChI is InChI=1S/C18H22N8O2/c1-19-16(27)12-25-11-14(9-24-25)26-5-4-20-17(26)13-7-21-18(22-8-13)23-10-15-3-2-6-28-15/h4-5,7-9,11,15H,2-3,6,10,12H2,1H3,(H,19,27)(H,21,22,23). The summed E-state index contributed by atoms with van der Waals surface area (Å²) in [5, 5.41) is 10.0. The van der Waals surface area contributed by atoms with Gasteiger partial charge in [-0.3, -0.25) is 14.0 Å². The van der Waals surface area contributed by atoms with Gasteiger partial charge in [0.2, 0.25) is 11.9 Å². The molecule has 4 heterocycles. The number of nitrogens with zero attached hydrogens (tertiary/aromatic N) is 6. The summed E-state index contributed by atoms with van der Waals surface area (Å²) < 4.78 is 9.05. The zero-order valence-corrected chi connectivity index (χ0v) is 15.6. The van der Waals surface area contributed by atoms with Crippen molar-refractivity contribution in [3.8, 4) is 17.1 Å². The first-order valence-corrected chi connectivity index (χ1v) is 9.17. The zero-order chi connectivity index (χ0) is 19.3. The normalized spacial score (nSPS) is 16.2. The van der Waals surface area contributed by atoms with E-state index in [1.807, 2.05) is 10.8 Å². The minimum absolute atomic E-state index is 0.111. The van der Waals surface area contributed by atoms with Gasteiger partial charge in [-0.05, 0) is 12.8 Å². The van der Waals surface area contributed by atoms with E-state index in [2.05, 4.69) is 30.7 Å². The molecule has 10 heteroatoms. The predicted molar refractivity (Wildman–Crippen MR) is 102 cm³/mol. The fourth-order valence-corrected chi connectivity index (χ4v) is 3.06. The maximum atomic E-state index is 11.5. The summed E-state index contributed by atoms with van der Waals surface area (Å²) in [7, 11) is 1.60. The van der Waals surface area contributed by atoms with Gasteiger partial charge < -0.3 is 15.4 Å². The second-order valence-corrected chi connectivity index (χ2v) is 6.50. The van der Waals surface area contributed by atoms with Crippen LogP contribution in [0.1, 0.15) is 12.8 Å². The lowest BCUT2D eigenvalue weighted by molar-refractivity contribution is -0.121. The van der Waals surface area contributed by atoms with Crippen LogP contribution < -0.4 is 10.6 Å². The zero-order valence-electron chi connectivity index (χ0n) is 15.6. The minimum atomic E-state index is -0.111. The lowest BCUT2D eigenvalue weighted by atomic mass is 10.2. The topological polar surface area (TPSA) is 112 Å². The molecule has 1 aliphatic heterocycles. The molecule has 1 amide bonds. The van der Waals surface area contributed by atoms with Crippen molar-refractivity contribution >= 4 is 11.9 Å². The number of carbonyl (C=O) groups is 1. The Morgan fingerprint density at radius 1 is 1.29 bits per heavy atom. The van der Waals surface area contributed by atoms with E-state index in [-0.39, 0.29) is 18.6 Å². The third-order valence-electron chi connectivity index (χ3n) is 4.54. The molecule has 0 radical (unpaired) electrons. The van der Waals surface area contributed by atoms with E-state index in [4.69, 9.17) is 4.74 Å². The Morgan fingerprint density at radius 2 is 2.14 bits per heavy atom. The highest BCUT2D eigenvalue weighted by molar-refractivity contribution is 5.75. The molecule has 0 aliphatic carbocycles. The first kappa shape index (κ1) is 18.1. The first-order chi connectivity index (χ1) is 13.7. The second kappa shape index (κ2) is 8.17. The molecule has 146 valence electrons. The van der Waals surface area contributed by atoms with Gasteiger partial charge in [-0.15, -0.1) is 0 Å². The molecule has 0 spiro atoms. The molecule has 1 saturated heterocycles. The van der Waals surface area contributed by atoms with Crippen molar-refractivity contribution < 1.29 is 9.53 Å². The van der Waals surface area contributed by atoms with Gasteiger partial charge in [-0.25, -0.2) is 15.0 Å². The Morgan fingerprint density at radius 3 is 2.89 bits per heavy atom. The van der Waals surface area contributed by atoms with Crippen molar-refractivity contribution in [2.45, 2.75) is 25.5 Å². The quantitative estimate of drug-likeness (QED) is 0.623. The number of anilines is 1. The van der Waals surface area contributed by atoms with Crippen LogP contribution in [0.2, 0.25) is 0 Å². The molecule has 1 fully saturated rings. The van der Waals surface area contributed by atoms with Gasteiger partial charge >= 0.3 is 0 Å². The van der Waals surface area contributed by atoms with Crippen molar-refractivity contribution in [2.24, 2.45) is 0 Å². The highest BCUT2D eigenvalue weighted by Gasteiger charge is 2.16. The fourth-order valence-electron chi connectivity index (χ4n) is 3.06. The molecule has 0 bridgehead atoms. The van der Waals surface area contributed by atoms with E-state index in [9.17, 15) is 4.79 Å². The molecule has 0 aromatic carbocycles. The van der Waals surface area contributed by atoms with Gasteiger partial charge in [0.05, 0.1) is 23.6 Å². The number of likely N-dealkylation sites (N-methyl/N-ethyl adjacent to an activating group) is 1. The summed E-state index contributed by atoms with van der Waals surface area (Å²) in [6.45, 7) is 1.70. The second-order valence-electron chi connectivity index (χ2n) is 6.50. The first-order valence-electron chi connectivity index (χ1n) is 9.17. The number of ether oxygens (including phenoxy) is 1. The van der Waals surface area contributed by atoms with Crippen molar-refractivity contribution in [2.75, 3.05) is 25.5 Å². The van der Waals surface area contributed by atoms with Crippen molar-refractivity contribution in [3.05, 3.63) is 37.2 Å². The van der Waals surface area contributed by atoms with E-state index >= 15 is 0 Å². The van der Waals surface area contributed by atoms with Crippen LogP contribution in [-0.2, 0) is 16.1 Å². The van der Waals surface area contributed by atoms with Gasteiger partial charge in [0, 0.05) is 51.2 Å². The number of nitrogens with one attached hydrogen (secondary N) is 2. The Kier molecular flexibility index (Phi) is 5.29. The number of aromatic nitrogens is 6. The van der Waals surface area contributed by atoms with Crippen LogP contribution in [-0.4, -0.2) is 61.5 Å². The summed E-state index contributed by atoms with van der Waals surface area (Å²) >= 11 is 0. The van der Waals surface area contributed by atoms with E-state index in [0.29, 0.717) is 18.3 Å². The van der Waals surface area contributed by atoms with Gasteiger partial charge in [0.1, 0.15) is 12.4 Å². The summed E-state index contributed by atoms with van der Waals surface area (Å²) in [5.41, 5.74) is 1.59. The Balaban J connectivity index is 1.47. The summed E-state index contributed by atoms with van der Waals surface area (Å²) in [6, 6.07) is 0. The number of imidazole rings is 1. The SMILES string of the molecule is CNC(=O)Cn1cc(-n2ccnc2-c2cnc(NCC3CCCO3)nc2)cn1. The lowest BCUT2D eigenvalue weighted by Gasteiger charge is -2.10. The summed E-state index contributed by atoms with van der Waals surface area (Å²) in [4.78, 5) is 24.7. The predicted octanol–water partition coefficient (Wildman–Crippen LogP) is 0.863. The molecular formula is C18H22N8O2. The largest absolute Gasteiger partial charge is 0.376 e. The molecule has 3 aromatic rings. The van der Waals surface area contributed by atoms with Crippen LogP contribution in [0, 0.1) is 0 Å². The van der Waals surface area contributed by atoms with E-state index in [1.165, 1.54) is 0 Å². The van der Waals surface area contributed by atoms with Crippen LogP contribution >= 0.6 is 0 Å². The Bertz CT molecular complexity index is 927. The number of hydrogen-bond donors (Lipinski definition) is 2. The maximum absolute atomic E-state index is 11.5. The number of carbonyl (C=O) groups excluding carboxylic acids is 1. The molecule has 28 heavy (non-hydrogen) atoms. The van der Waals surface area contributed by atoms with E-state index in [1.54, 1.807) is 42.7 Å². The van der Waals surface area contributed by atoms with Gasteiger partial charge in [0.25, 0.3) is 0 Å². The van der Waals surface area contributed by atoms with Crippen LogP contribution in [0.25, 0.3) is 17.1 Å². The third-order valence-corrected chi connectivity index (χ3v) is 4.54. The Labute approximate surface area is 162 Å². The van der Waals surface area contributed by atoms with Gasteiger partial charge in [-0.2, -0.15) is 5.10 Å². The highest BCUT2D eigenvalue weighted by atomic mass is 16.5. The minimum Gasteiger partial charge on any atom is -0.376 e. The average molecular weight is 382 g/mol. The Hall–Kier alpha value is -3.27. The monoisotopic (exact) mass is 382 g/mol. The van der Waals surface area contributed by atoms with E-state index < -0.39 is 0 Å². The van der Waals surface area contributed by atoms with Crippen LogP contribution in [0.5, 0.6) is 0 Å². The molecular weight excluding hydrogens is 360 g/mol. The molecule has 1 atom stereocenters. The lowest BCUT2D eigenvalue weighted by Crippen LogP contribution is -2.23. The molecule has 3 aromatic heterocycles. The van der Waals surface area contributed by atoms with Crippen molar-refractivity contribution in [1.82, 2.24) is 34.6 Å². The van der Waals surface area contributed by atoms with Crippen molar-refractivity contribution in [1.29, 1.82) is 0 Å². The molecule has 2 N–H and O–H groups in total. The third kappa shape index (κ3) is 4.01. The van der Waals surface area contributed by atoms with Crippen LogP contribution in [0.4, 0.5) is 5.95 Å². The number of amides is 1. The summed E-state index contributed by atoms with van der Waals surface area (Å²) in [5.74, 6) is 1.15. The van der Waals surface area contributed by atoms with E-state index in [0.717, 1.165) is 30.7 Å². The molecule has 1 aliphatic rings. The van der Waals surface area contributed by atoms with Gasteiger partial charge in [0.15, 0.2) is 0 Å². The van der Waals surface area contributed by atoms with Crippen LogP contribution in [0.3, 0.4) is 0 Å². The highest BCUT2D eigenvalue weighted by Crippen LogP contribution is 2.20. The van der Waals surface area contributed by atoms with Crippen LogP contribution in [0.15, 0.2) is 37.2 Å². The molecule has 4 rings (SSSR count). The van der Waals surface area contributed by atoms with Gasteiger partial charge in [-0.1, -0.05) is 0 Å². The molecule has 1 unspecified atom stereocenters. The molecule has 10 nitrogen and oxygen atoms in total. The number of hydrogen-bond acceptors (Lipinski definition) is 7.